The molecule has 0 rings (SSSR count). The van der Waals surface area contributed by atoms with Gasteiger partial charge in [-0.25, -0.2) is 4.79 Å². The van der Waals surface area contributed by atoms with Crippen LogP contribution in [0.25, 0.3) is 0 Å². The van der Waals surface area contributed by atoms with Gasteiger partial charge in [0, 0.05) is 13.2 Å². The van der Waals surface area contributed by atoms with Gasteiger partial charge in [-0.15, -0.1) is 0 Å². The number of nitrogens with one attached hydrogen (secondary N) is 1. The number of alkyl carbamates (subject to hydrolysis) is 1. The van der Waals surface area contributed by atoms with Crippen molar-refractivity contribution in [3.63, 3.8) is 0 Å². The molecule has 0 saturated heterocycles. The average molecular weight is 229 g/mol. The molecule has 0 bridgehead atoms. The van der Waals surface area contributed by atoms with Crippen LogP contribution < -0.4 is 5.32 Å². The van der Waals surface area contributed by atoms with Crippen molar-refractivity contribution < 1.29 is 27.8 Å². The lowest BCUT2D eigenvalue weighted by Crippen LogP contribution is -2.29. The molecule has 15 heavy (non-hydrogen) atoms. The van der Waals surface area contributed by atoms with Gasteiger partial charge in [-0.2, -0.15) is 13.2 Å². The van der Waals surface area contributed by atoms with Gasteiger partial charge in [-0.05, 0) is 19.3 Å². The van der Waals surface area contributed by atoms with Gasteiger partial charge in [0.1, 0.15) is 0 Å². The van der Waals surface area contributed by atoms with Crippen LogP contribution in [0.5, 0.6) is 0 Å². The molecule has 0 aliphatic carbocycles. The van der Waals surface area contributed by atoms with Crippen molar-refractivity contribution in [3.8, 4) is 0 Å². The second kappa shape index (κ2) is 7.33. The number of hydrogen-bond acceptors (Lipinski definition) is 3. The first-order chi connectivity index (χ1) is 6.95. The fourth-order valence-corrected chi connectivity index (χ4v) is 0.802. The van der Waals surface area contributed by atoms with Gasteiger partial charge in [0.05, 0.1) is 0 Å². The van der Waals surface area contributed by atoms with Crippen LogP contribution in [0.4, 0.5) is 18.0 Å². The summed E-state index contributed by atoms with van der Waals surface area (Å²) in [5.41, 5.74) is 0. The molecular weight excluding hydrogens is 215 g/mol. The largest absolute Gasteiger partial charge is 0.440 e. The molecule has 0 aromatic carbocycles. The molecule has 0 unspecified atom stereocenters. The van der Waals surface area contributed by atoms with Crippen LogP contribution in [0.2, 0.25) is 0 Å². The van der Waals surface area contributed by atoms with Crippen LogP contribution in [0.3, 0.4) is 0 Å². The van der Waals surface area contributed by atoms with E-state index in [4.69, 9.17) is 5.11 Å². The lowest BCUT2D eigenvalue weighted by molar-refractivity contribution is -0.160. The zero-order chi connectivity index (χ0) is 11.7. The second-order valence-electron chi connectivity index (χ2n) is 2.90. The summed E-state index contributed by atoms with van der Waals surface area (Å²) >= 11 is 0. The first kappa shape index (κ1) is 14.0. The molecule has 0 heterocycles. The summed E-state index contributed by atoms with van der Waals surface area (Å²) in [6.07, 6.45) is -3.65. The summed E-state index contributed by atoms with van der Waals surface area (Å²) in [5, 5.41) is 10.6. The third kappa shape index (κ3) is 10.9. The predicted octanol–water partition coefficient (Wildman–Crippen LogP) is 1.44. The average Bonchev–Trinajstić information content (AvgIpc) is 2.13. The highest BCUT2D eigenvalue weighted by Crippen LogP contribution is 2.14. The van der Waals surface area contributed by atoms with E-state index in [0.717, 1.165) is 0 Å². The van der Waals surface area contributed by atoms with E-state index in [9.17, 15) is 18.0 Å². The molecule has 1 amide bonds. The maximum absolute atomic E-state index is 11.6. The summed E-state index contributed by atoms with van der Waals surface area (Å²) in [7, 11) is 0. The number of rotatable bonds is 6. The van der Waals surface area contributed by atoms with E-state index in [0.29, 0.717) is 19.3 Å². The Morgan fingerprint density at radius 1 is 1.27 bits per heavy atom. The van der Waals surface area contributed by atoms with E-state index >= 15 is 0 Å². The Morgan fingerprint density at radius 3 is 2.47 bits per heavy atom. The Kier molecular flexibility index (Phi) is 6.85. The van der Waals surface area contributed by atoms with Gasteiger partial charge in [0.2, 0.25) is 0 Å². The van der Waals surface area contributed by atoms with Crippen LogP contribution in [-0.2, 0) is 4.74 Å². The molecule has 0 aromatic rings. The minimum atomic E-state index is -4.49. The molecular formula is C8H14F3NO3. The maximum atomic E-state index is 11.6. The van der Waals surface area contributed by atoms with Crippen LogP contribution in [0.1, 0.15) is 19.3 Å². The summed E-state index contributed by atoms with van der Waals surface area (Å²) in [6, 6.07) is 0. The molecule has 0 fully saturated rings. The monoisotopic (exact) mass is 229 g/mol. The van der Waals surface area contributed by atoms with E-state index in [1.54, 1.807) is 0 Å². The Balaban J connectivity index is 3.34. The molecule has 4 nitrogen and oxygen atoms in total. The number of hydrogen-bond donors (Lipinski definition) is 2. The van der Waals surface area contributed by atoms with Crippen LogP contribution >= 0.6 is 0 Å². The first-order valence-electron chi connectivity index (χ1n) is 4.54. The molecule has 0 aliphatic rings. The molecule has 0 radical (unpaired) electrons. The second-order valence-corrected chi connectivity index (χ2v) is 2.90. The molecule has 0 atom stereocenters. The zero-order valence-corrected chi connectivity index (χ0v) is 8.14. The van der Waals surface area contributed by atoms with E-state index in [2.05, 4.69) is 10.1 Å². The number of alkyl halides is 3. The van der Waals surface area contributed by atoms with Crippen LogP contribution in [0, 0.1) is 0 Å². The van der Waals surface area contributed by atoms with Crippen molar-refractivity contribution in [2.45, 2.75) is 25.4 Å². The minimum absolute atomic E-state index is 0.0680. The molecule has 0 saturated carbocycles. The molecule has 0 aliphatic heterocycles. The number of halogens is 3. The highest BCUT2D eigenvalue weighted by Gasteiger charge is 2.29. The van der Waals surface area contributed by atoms with Crippen molar-refractivity contribution in [3.05, 3.63) is 0 Å². The van der Waals surface area contributed by atoms with Gasteiger partial charge < -0.3 is 15.2 Å². The molecule has 0 spiro atoms. The number of unbranched alkanes of at least 4 members (excludes halogenated alkanes) is 2. The Bertz CT molecular complexity index is 184. The van der Waals surface area contributed by atoms with Gasteiger partial charge in [-0.3, -0.25) is 0 Å². The van der Waals surface area contributed by atoms with Gasteiger partial charge in [0.15, 0.2) is 6.61 Å². The van der Waals surface area contributed by atoms with Gasteiger partial charge in [0.25, 0.3) is 0 Å². The van der Waals surface area contributed by atoms with E-state index in [-0.39, 0.29) is 13.2 Å². The molecule has 7 heteroatoms. The van der Waals surface area contributed by atoms with E-state index in [1.807, 2.05) is 0 Å². The molecule has 2 N–H and O–H groups in total. The van der Waals surface area contributed by atoms with Crippen molar-refractivity contribution in [2.24, 2.45) is 0 Å². The summed E-state index contributed by atoms with van der Waals surface area (Å²) in [4.78, 5) is 10.6. The normalized spacial score (nSPS) is 11.2. The van der Waals surface area contributed by atoms with Gasteiger partial charge in [-0.1, -0.05) is 0 Å². The van der Waals surface area contributed by atoms with Crippen LogP contribution in [-0.4, -0.2) is 37.1 Å². The van der Waals surface area contributed by atoms with Crippen LogP contribution in [0.15, 0.2) is 0 Å². The number of carbonyl (C=O) groups is 1. The summed E-state index contributed by atoms with van der Waals surface area (Å²) < 4.78 is 38.6. The number of amides is 1. The quantitative estimate of drug-likeness (QED) is 0.677. The smallest absolute Gasteiger partial charge is 0.422 e. The number of ether oxygens (including phenoxy) is 1. The zero-order valence-electron chi connectivity index (χ0n) is 8.14. The fraction of sp³-hybridized carbons (Fsp3) is 0.875. The van der Waals surface area contributed by atoms with E-state index in [1.165, 1.54) is 0 Å². The Hall–Kier alpha value is -0.980. The summed E-state index contributed by atoms with van der Waals surface area (Å²) in [6.45, 7) is -1.26. The standard InChI is InChI=1S/C8H14F3NO3/c9-8(10,11)6-15-7(14)12-4-2-1-3-5-13/h13H,1-6H2,(H,12,14). The lowest BCUT2D eigenvalue weighted by atomic mass is 10.2. The molecule has 0 aromatic heterocycles. The van der Waals surface area contributed by atoms with Crippen molar-refractivity contribution in [1.82, 2.24) is 5.32 Å². The maximum Gasteiger partial charge on any atom is 0.422 e. The van der Waals surface area contributed by atoms with Crippen molar-refractivity contribution >= 4 is 6.09 Å². The van der Waals surface area contributed by atoms with E-state index < -0.39 is 18.9 Å². The molecule has 90 valence electrons. The highest BCUT2D eigenvalue weighted by atomic mass is 19.4. The summed E-state index contributed by atoms with van der Waals surface area (Å²) in [5.74, 6) is 0. The SMILES string of the molecule is O=C(NCCCCCO)OCC(F)(F)F. The number of carbonyl (C=O) groups excluding carboxylic acids is 1. The van der Waals surface area contributed by atoms with Crippen molar-refractivity contribution in [1.29, 1.82) is 0 Å². The lowest BCUT2D eigenvalue weighted by Gasteiger charge is -2.08. The predicted molar refractivity (Wildman–Crippen MR) is 46.3 cm³/mol. The number of aliphatic hydroxyl groups is 1. The highest BCUT2D eigenvalue weighted by molar-refractivity contribution is 5.67. The van der Waals surface area contributed by atoms with Crippen molar-refractivity contribution in [2.75, 3.05) is 19.8 Å². The third-order valence-electron chi connectivity index (χ3n) is 1.47. The number of aliphatic hydroxyl groups excluding tert-OH is 1. The topological polar surface area (TPSA) is 58.6 Å². The Morgan fingerprint density at radius 2 is 1.93 bits per heavy atom. The first-order valence-corrected chi connectivity index (χ1v) is 4.54. The Labute approximate surface area is 85.4 Å². The van der Waals surface area contributed by atoms with Gasteiger partial charge >= 0.3 is 12.3 Å². The minimum Gasteiger partial charge on any atom is -0.440 e. The fourth-order valence-electron chi connectivity index (χ4n) is 0.802. The third-order valence-corrected chi connectivity index (χ3v) is 1.47.